The van der Waals surface area contributed by atoms with Crippen LogP contribution < -0.4 is 5.32 Å². The van der Waals surface area contributed by atoms with E-state index < -0.39 is 17.8 Å². The molecule has 7 nitrogen and oxygen atoms in total. The number of amides is 2. The van der Waals surface area contributed by atoms with Crippen LogP contribution >= 0.6 is 12.2 Å². The molecular weight excluding hydrogens is 368 g/mol. The molecule has 0 saturated carbocycles. The third-order valence-corrected chi connectivity index (χ3v) is 4.15. The molecule has 8 heteroatoms. The molecule has 0 unspecified atom stereocenters. The van der Waals surface area contributed by atoms with E-state index in [0.29, 0.717) is 17.1 Å². The number of furan rings is 1. The molecule has 1 aromatic carbocycles. The molecule has 136 valence electrons. The third kappa shape index (κ3) is 3.70. The monoisotopic (exact) mass is 382 g/mol. The quantitative estimate of drug-likeness (QED) is 0.357. The van der Waals surface area contributed by atoms with Gasteiger partial charge < -0.3 is 9.52 Å². The van der Waals surface area contributed by atoms with Crippen LogP contribution in [0.2, 0.25) is 0 Å². The average Bonchev–Trinajstić information content (AvgIpc) is 3.11. The number of hydrogen-bond acceptors (Lipinski definition) is 5. The number of aromatic carboxylic acids is 1. The zero-order valence-corrected chi connectivity index (χ0v) is 14.8. The Labute approximate surface area is 159 Å². The van der Waals surface area contributed by atoms with Gasteiger partial charge in [0.2, 0.25) is 0 Å². The predicted octanol–water partition coefficient (Wildman–Crippen LogP) is 2.46. The van der Waals surface area contributed by atoms with E-state index in [4.69, 9.17) is 21.7 Å². The molecule has 2 aromatic rings. The fourth-order valence-electron chi connectivity index (χ4n) is 2.49. The van der Waals surface area contributed by atoms with Crippen molar-refractivity contribution in [2.45, 2.75) is 0 Å². The van der Waals surface area contributed by atoms with E-state index in [0.717, 1.165) is 0 Å². The van der Waals surface area contributed by atoms with Gasteiger partial charge in [0.25, 0.3) is 11.8 Å². The summed E-state index contributed by atoms with van der Waals surface area (Å²) in [6, 6.07) is 9.43. The lowest BCUT2D eigenvalue weighted by Gasteiger charge is -2.27. The van der Waals surface area contributed by atoms with Crippen molar-refractivity contribution in [3.63, 3.8) is 0 Å². The number of hydrogen-bond donors (Lipinski definition) is 2. The third-order valence-electron chi connectivity index (χ3n) is 3.83. The lowest BCUT2D eigenvalue weighted by Crippen LogP contribution is -2.53. The van der Waals surface area contributed by atoms with Gasteiger partial charge >= 0.3 is 5.97 Å². The normalized spacial score (nSPS) is 15.8. The molecule has 1 fully saturated rings. The summed E-state index contributed by atoms with van der Waals surface area (Å²) in [6.07, 6.45) is 2.84. The Kier molecular flexibility index (Phi) is 5.00. The van der Waals surface area contributed by atoms with Gasteiger partial charge in [0.1, 0.15) is 17.1 Å². The minimum atomic E-state index is -1.02. The van der Waals surface area contributed by atoms with Crippen LogP contribution in [0.15, 0.2) is 59.0 Å². The Morgan fingerprint density at radius 2 is 1.93 bits per heavy atom. The van der Waals surface area contributed by atoms with Crippen molar-refractivity contribution in [2.24, 2.45) is 0 Å². The summed E-state index contributed by atoms with van der Waals surface area (Å²) in [5.41, 5.74) is 0.724. The number of thiocarbonyl (C=S) groups is 1. The molecule has 0 radical (unpaired) electrons. The number of carboxylic acid groups (broad SMARTS) is 1. The van der Waals surface area contributed by atoms with E-state index in [1.54, 1.807) is 24.3 Å². The van der Waals surface area contributed by atoms with Gasteiger partial charge in [0, 0.05) is 12.1 Å². The maximum absolute atomic E-state index is 12.5. The Balaban J connectivity index is 1.88. The van der Waals surface area contributed by atoms with Gasteiger partial charge in [-0.25, -0.2) is 4.79 Å². The number of carbonyl (C=O) groups excluding carboxylic acids is 2. The first kappa shape index (κ1) is 18.3. The van der Waals surface area contributed by atoms with E-state index >= 15 is 0 Å². The summed E-state index contributed by atoms with van der Waals surface area (Å²) < 4.78 is 5.66. The summed E-state index contributed by atoms with van der Waals surface area (Å²) in [4.78, 5) is 36.7. The SMILES string of the molecule is C=CCN1C(=O)C(=Cc2ccc(-c3ccc(C(=O)O)cc3)o2)C(=O)NC1=S. The summed E-state index contributed by atoms with van der Waals surface area (Å²) in [7, 11) is 0. The molecule has 2 N–H and O–H groups in total. The van der Waals surface area contributed by atoms with E-state index in [1.165, 1.54) is 29.2 Å². The lowest BCUT2D eigenvalue weighted by atomic mass is 10.1. The highest BCUT2D eigenvalue weighted by Gasteiger charge is 2.32. The van der Waals surface area contributed by atoms with Crippen LogP contribution in [0.25, 0.3) is 17.4 Å². The largest absolute Gasteiger partial charge is 0.478 e. The first-order valence-corrected chi connectivity index (χ1v) is 8.25. The fourth-order valence-corrected chi connectivity index (χ4v) is 2.74. The van der Waals surface area contributed by atoms with Crippen molar-refractivity contribution in [2.75, 3.05) is 6.54 Å². The molecule has 1 saturated heterocycles. The van der Waals surface area contributed by atoms with Crippen molar-refractivity contribution >= 4 is 41.2 Å². The Hall–Kier alpha value is -3.52. The van der Waals surface area contributed by atoms with Crippen LogP contribution in [0, 0.1) is 0 Å². The van der Waals surface area contributed by atoms with Gasteiger partial charge in [-0.3, -0.25) is 19.8 Å². The van der Waals surface area contributed by atoms with E-state index in [9.17, 15) is 14.4 Å². The van der Waals surface area contributed by atoms with Crippen molar-refractivity contribution in [1.82, 2.24) is 10.2 Å². The molecule has 2 amide bonds. The van der Waals surface area contributed by atoms with Crippen molar-refractivity contribution in [1.29, 1.82) is 0 Å². The molecule has 1 aliphatic heterocycles. The second-order valence-corrected chi connectivity index (χ2v) is 5.99. The second-order valence-electron chi connectivity index (χ2n) is 5.61. The number of carbonyl (C=O) groups is 3. The zero-order chi connectivity index (χ0) is 19.6. The fraction of sp³-hybridized carbons (Fsp3) is 0.0526. The summed E-state index contributed by atoms with van der Waals surface area (Å²) >= 11 is 4.99. The second kappa shape index (κ2) is 7.38. The number of rotatable bonds is 5. The maximum Gasteiger partial charge on any atom is 0.335 e. The molecular formula is C19H14N2O5S. The highest BCUT2D eigenvalue weighted by molar-refractivity contribution is 7.80. The van der Waals surface area contributed by atoms with Crippen LogP contribution in [0.4, 0.5) is 0 Å². The van der Waals surface area contributed by atoms with Crippen LogP contribution in [0.3, 0.4) is 0 Å². The molecule has 0 atom stereocenters. The smallest absolute Gasteiger partial charge is 0.335 e. The van der Waals surface area contributed by atoms with Gasteiger partial charge in [0.05, 0.1) is 5.56 Å². The lowest BCUT2D eigenvalue weighted by molar-refractivity contribution is -0.128. The first-order valence-electron chi connectivity index (χ1n) is 7.84. The zero-order valence-electron chi connectivity index (χ0n) is 14.0. The van der Waals surface area contributed by atoms with Gasteiger partial charge in [-0.15, -0.1) is 6.58 Å². The van der Waals surface area contributed by atoms with E-state index in [1.807, 2.05) is 0 Å². The van der Waals surface area contributed by atoms with Gasteiger partial charge in [0.15, 0.2) is 5.11 Å². The summed E-state index contributed by atoms with van der Waals surface area (Å²) in [5, 5.41) is 11.4. The molecule has 1 aromatic heterocycles. The minimum absolute atomic E-state index is 0.0284. The predicted molar refractivity (Wildman–Crippen MR) is 102 cm³/mol. The highest BCUT2D eigenvalue weighted by Crippen LogP contribution is 2.24. The van der Waals surface area contributed by atoms with Crippen LogP contribution in [0.5, 0.6) is 0 Å². The average molecular weight is 382 g/mol. The number of benzene rings is 1. The summed E-state index contributed by atoms with van der Waals surface area (Å²) in [6.45, 7) is 3.74. The molecule has 0 spiro atoms. The maximum atomic E-state index is 12.5. The van der Waals surface area contributed by atoms with Gasteiger partial charge in [-0.1, -0.05) is 18.2 Å². The van der Waals surface area contributed by atoms with E-state index in [2.05, 4.69) is 11.9 Å². The van der Waals surface area contributed by atoms with Crippen molar-refractivity contribution in [3.8, 4) is 11.3 Å². The molecule has 2 heterocycles. The van der Waals surface area contributed by atoms with Crippen LogP contribution in [-0.2, 0) is 9.59 Å². The molecule has 27 heavy (non-hydrogen) atoms. The standard InChI is InChI=1S/C19H14N2O5S/c1-2-9-21-17(23)14(16(22)20-19(21)27)10-13-7-8-15(26-13)11-3-5-12(6-4-11)18(24)25/h2-8,10H,1,9H2,(H,24,25)(H,20,22,27). The Bertz CT molecular complexity index is 988. The van der Waals surface area contributed by atoms with Crippen LogP contribution in [0.1, 0.15) is 16.1 Å². The number of carboxylic acids is 1. The molecule has 0 bridgehead atoms. The van der Waals surface area contributed by atoms with Crippen molar-refractivity contribution in [3.05, 3.63) is 65.9 Å². The Morgan fingerprint density at radius 3 is 2.56 bits per heavy atom. The Morgan fingerprint density at radius 1 is 1.22 bits per heavy atom. The molecule has 3 rings (SSSR count). The first-order chi connectivity index (χ1) is 12.9. The number of nitrogens with one attached hydrogen (secondary N) is 1. The van der Waals surface area contributed by atoms with Crippen molar-refractivity contribution < 1.29 is 23.9 Å². The topological polar surface area (TPSA) is 99.8 Å². The molecule has 0 aliphatic carbocycles. The van der Waals surface area contributed by atoms with Gasteiger partial charge in [-0.05, 0) is 42.6 Å². The summed E-state index contributed by atoms with van der Waals surface area (Å²) in [5.74, 6) is -1.38. The minimum Gasteiger partial charge on any atom is -0.478 e. The highest BCUT2D eigenvalue weighted by atomic mass is 32.1. The van der Waals surface area contributed by atoms with E-state index in [-0.39, 0.29) is 22.8 Å². The molecule has 1 aliphatic rings. The van der Waals surface area contributed by atoms with Crippen LogP contribution in [-0.4, -0.2) is 39.4 Å². The van der Waals surface area contributed by atoms with Gasteiger partial charge in [-0.2, -0.15) is 0 Å². The number of nitrogens with zero attached hydrogens (tertiary/aromatic N) is 1.